The van der Waals surface area contributed by atoms with Gasteiger partial charge in [0.1, 0.15) is 5.75 Å². The van der Waals surface area contributed by atoms with E-state index in [-0.39, 0.29) is 12.3 Å². The fraction of sp³-hybridized carbons (Fsp3) is 0.269. The molecule has 0 N–H and O–H groups in total. The Hall–Kier alpha value is -3.07. The molecule has 3 heteroatoms. The van der Waals surface area contributed by atoms with Crippen LogP contribution in [0.1, 0.15) is 66.3 Å². The normalized spacial score (nSPS) is 20.1. The third-order valence-electron chi connectivity index (χ3n) is 5.97. The first kappa shape index (κ1) is 18.0. The monoisotopic (exact) mass is 382 g/mol. The van der Waals surface area contributed by atoms with Gasteiger partial charge in [0.25, 0.3) is 0 Å². The van der Waals surface area contributed by atoms with Gasteiger partial charge in [-0.15, -0.1) is 0 Å². The van der Waals surface area contributed by atoms with Gasteiger partial charge >= 0.3 is 0 Å². The number of aryl methyl sites for hydroxylation is 1. The van der Waals surface area contributed by atoms with Gasteiger partial charge in [-0.1, -0.05) is 86.1 Å². The quantitative estimate of drug-likeness (QED) is 0.526. The zero-order valence-electron chi connectivity index (χ0n) is 17.2. The lowest BCUT2D eigenvalue weighted by atomic mass is 9.95. The first-order valence-corrected chi connectivity index (χ1v) is 10.4. The van der Waals surface area contributed by atoms with E-state index in [9.17, 15) is 0 Å². The standard InChI is InChI=1S/C26H26N2O/c1-17(2)19-12-14-21(15-13-19)26-28-24(22-6-4-5-7-25(22)29-26)16-23(27-28)20-10-8-18(3)9-11-20/h4-15,17,24,26H,16H2,1-3H3. The molecular weight excluding hydrogens is 356 g/mol. The highest BCUT2D eigenvalue weighted by molar-refractivity contribution is 6.02. The third kappa shape index (κ3) is 3.21. The van der Waals surface area contributed by atoms with Gasteiger partial charge in [-0.2, -0.15) is 5.10 Å². The molecule has 0 saturated carbocycles. The number of fused-ring (bicyclic) bond motifs is 3. The molecule has 2 atom stereocenters. The number of hydrogen-bond donors (Lipinski definition) is 0. The molecule has 0 fully saturated rings. The number of hydrogen-bond acceptors (Lipinski definition) is 3. The predicted octanol–water partition coefficient (Wildman–Crippen LogP) is 6.36. The van der Waals surface area contributed by atoms with Crippen LogP contribution >= 0.6 is 0 Å². The molecule has 3 nitrogen and oxygen atoms in total. The topological polar surface area (TPSA) is 24.8 Å². The van der Waals surface area contributed by atoms with Crippen molar-refractivity contribution in [3.8, 4) is 5.75 Å². The summed E-state index contributed by atoms with van der Waals surface area (Å²) in [6.07, 6.45) is 0.684. The number of ether oxygens (including phenoxy) is 1. The number of para-hydroxylation sites is 1. The Bertz CT molecular complexity index is 1050. The summed E-state index contributed by atoms with van der Waals surface area (Å²) in [5.41, 5.74) is 7.28. The van der Waals surface area contributed by atoms with Gasteiger partial charge in [-0.3, -0.25) is 0 Å². The van der Waals surface area contributed by atoms with E-state index in [0.717, 1.165) is 23.4 Å². The smallest absolute Gasteiger partial charge is 0.213 e. The van der Waals surface area contributed by atoms with Crippen molar-refractivity contribution in [1.82, 2.24) is 5.01 Å². The minimum Gasteiger partial charge on any atom is -0.464 e. The van der Waals surface area contributed by atoms with E-state index in [1.54, 1.807) is 0 Å². The molecule has 2 heterocycles. The molecule has 0 amide bonds. The van der Waals surface area contributed by atoms with E-state index in [1.165, 1.54) is 22.3 Å². The highest BCUT2D eigenvalue weighted by Crippen LogP contribution is 2.47. The van der Waals surface area contributed by atoms with Crippen molar-refractivity contribution in [2.75, 3.05) is 0 Å². The molecule has 2 aliphatic heterocycles. The first-order valence-electron chi connectivity index (χ1n) is 10.4. The summed E-state index contributed by atoms with van der Waals surface area (Å²) in [7, 11) is 0. The number of nitrogens with zero attached hydrogens (tertiary/aromatic N) is 2. The van der Waals surface area contributed by atoms with Crippen molar-refractivity contribution in [3.05, 3.63) is 101 Å². The lowest BCUT2D eigenvalue weighted by Crippen LogP contribution is -2.33. The molecular formula is C26H26N2O. The van der Waals surface area contributed by atoms with Crippen LogP contribution in [-0.2, 0) is 0 Å². The van der Waals surface area contributed by atoms with Gasteiger partial charge in [0.15, 0.2) is 0 Å². The molecule has 146 valence electrons. The fourth-order valence-corrected chi connectivity index (χ4v) is 4.22. The average molecular weight is 383 g/mol. The molecule has 0 aliphatic carbocycles. The molecule has 0 radical (unpaired) electrons. The van der Waals surface area contributed by atoms with E-state index in [4.69, 9.17) is 9.84 Å². The summed E-state index contributed by atoms with van der Waals surface area (Å²) >= 11 is 0. The average Bonchev–Trinajstić information content (AvgIpc) is 3.19. The van der Waals surface area contributed by atoms with Crippen molar-refractivity contribution in [2.45, 2.75) is 45.4 Å². The summed E-state index contributed by atoms with van der Waals surface area (Å²) in [6, 6.07) is 26.0. The van der Waals surface area contributed by atoms with Crippen LogP contribution in [0, 0.1) is 6.92 Å². The maximum absolute atomic E-state index is 6.45. The van der Waals surface area contributed by atoms with Crippen LogP contribution in [0.2, 0.25) is 0 Å². The van der Waals surface area contributed by atoms with Crippen molar-refractivity contribution >= 4 is 5.71 Å². The van der Waals surface area contributed by atoms with Crippen LogP contribution in [0.3, 0.4) is 0 Å². The number of hydrazone groups is 1. The van der Waals surface area contributed by atoms with Gasteiger partial charge in [-0.05, 0) is 30.0 Å². The molecule has 2 aliphatic rings. The van der Waals surface area contributed by atoms with Crippen molar-refractivity contribution in [1.29, 1.82) is 0 Å². The third-order valence-corrected chi connectivity index (χ3v) is 5.97. The molecule has 5 rings (SSSR count). The van der Waals surface area contributed by atoms with E-state index in [1.807, 2.05) is 6.07 Å². The summed E-state index contributed by atoms with van der Waals surface area (Å²) in [5, 5.41) is 7.20. The Labute approximate surface area is 172 Å². The Morgan fingerprint density at radius 3 is 2.38 bits per heavy atom. The van der Waals surface area contributed by atoms with E-state index in [2.05, 4.69) is 92.5 Å². The van der Waals surface area contributed by atoms with Gasteiger partial charge in [0.2, 0.25) is 6.23 Å². The second-order valence-corrected chi connectivity index (χ2v) is 8.34. The van der Waals surface area contributed by atoms with Crippen LogP contribution in [-0.4, -0.2) is 10.7 Å². The molecule has 3 aromatic carbocycles. The van der Waals surface area contributed by atoms with Gasteiger partial charge in [-0.25, -0.2) is 5.01 Å². The summed E-state index contributed by atoms with van der Waals surface area (Å²) < 4.78 is 6.45. The molecule has 2 unspecified atom stereocenters. The Morgan fingerprint density at radius 2 is 1.66 bits per heavy atom. The minimum absolute atomic E-state index is 0.200. The second kappa shape index (κ2) is 7.07. The minimum atomic E-state index is -0.209. The molecule has 29 heavy (non-hydrogen) atoms. The molecule has 0 spiro atoms. The van der Waals surface area contributed by atoms with Crippen LogP contribution in [0.5, 0.6) is 5.75 Å². The first-order chi connectivity index (χ1) is 14.1. The van der Waals surface area contributed by atoms with Gasteiger partial charge < -0.3 is 4.74 Å². The molecule has 0 aromatic heterocycles. The lowest BCUT2D eigenvalue weighted by Gasteiger charge is -2.38. The predicted molar refractivity (Wildman–Crippen MR) is 117 cm³/mol. The lowest BCUT2D eigenvalue weighted by molar-refractivity contribution is -0.0190. The van der Waals surface area contributed by atoms with Gasteiger partial charge in [0, 0.05) is 17.5 Å². The summed E-state index contributed by atoms with van der Waals surface area (Å²) in [6.45, 7) is 6.55. The molecule has 0 saturated heterocycles. The molecule has 0 bridgehead atoms. The number of benzene rings is 3. The Balaban J connectivity index is 1.55. The molecule has 3 aromatic rings. The van der Waals surface area contributed by atoms with Crippen molar-refractivity contribution in [2.24, 2.45) is 5.10 Å². The highest BCUT2D eigenvalue weighted by Gasteiger charge is 2.40. The van der Waals surface area contributed by atoms with Crippen molar-refractivity contribution < 1.29 is 4.74 Å². The van der Waals surface area contributed by atoms with Crippen LogP contribution in [0.25, 0.3) is 0 Å². The van der Waals surface area contributed by atoms with Crippen LogP contribution in [0.4, 0.5) is 0 Å². The zero-order chi connectivity index (χ0) is 20.0. The van der Waals surface area contributed by atoms with Crippen molar-refractivity contribution in [3.63, 3.8) is 0 Å². The van der Waals surface area contributed by atoms with E-state index >= 15 is 0 Å². The fourth-order valence-electron chi connectivity index (χ4n) is 4.22. The van der Waals surface area contributed by atoms with Crippen LogP contribution < -0.4 is 4.74 Å². The maximum Gasteiger partial charge on any atom is 0.213 e. The Morgan fingerprint density at radius 1 is 0.931 bits per heavy atom. The van der Waals surface area contributed by atoms with E-state index in [0.29, 0.717) is 5.92 Å². The van der Waals surface area contributed by atoms with E-state index < -0.39 is 0 Å². The number of rotatable bonds is 3. The van der Waals surface area contributed by atoms with Gasteiger partial charge in [0.05, 0.1) is 11.8 Å². The Kier molecular flexibility index (Phi) is 4.39. The SMILES string of the molecule is Cc1ccc(C2=NN3C(C2)c2ccccc2OC3c2ccc(C(C)C)cc2)cc1. The summed E-state index contributed by atoms with van der Waals surface area (Å²) in [4.78, 5) is 0. The largest absolute Gasteiger partial charge is 0.464 e. The highest BCUT2D eigenvalue weighted by atomic mass is 16.5. The maximum atomic E-state index is 6.45. The zero-order valence-corrected chi connectivity index (χ0v) is 17.2. The van der Waals surface area contributed by atoms with Crippen LogP contribution in [0.15, 0.2) is 77.9 Å². The second-order valence-electron chi connectivity index (χ2n) is 8.34. The summed E-state index contributed by atoms with van der Waals surface area (Å²) in [5.74, 6) is 1.48.